The second-order valence-corrected chi connectivity index (χ2v) is 6.49. The van der Waals surface area contributed by atoms with E-state index in [1.807, 2.05) is 31.2 Å². The van der Waals surface area contributed by atoms with Gasteiger partial charge in [-0.2, -0.15) is 0 Å². The molecule has 3 heteroatoms. The Morgan fingerprint density at radius 3 is 2.57 bits per heavy atom. The Morgan fingerprint density at radius 2 is 1.86 bits per heavy atom. The molecular weight excluding hydrogens is 260 g/mol. The number of benzene rings is 2. The zero-order valence-electron chi connectivity index (χ0n) is 12.9. The van der Waals surface area contributed by atoms with Gasteiger partial charge in [-0.15, -0.1) is 0 Å². The van der Waals surface area contributed by atoms with E-state index in [0.717, 1.165) is 27.9 Å². The molecule has 0 atom stereocenters. The highest BCUT2D eigenvalue weighted by atomic mass is 16.3. The highest BCUT2D eigenvalue weighted by Crippen LogP contribution is 2.32. The smallest absolute Gasteiger partial charge is 0.229 e. The van der Waals surface area contributed by atoms with E-state index in [9.17, 15) is 0 Å². The summed E-state index contributed by atoms with van der Waals surface area (Å²) in [6, 6.07) is 12.1. The Hall–Kier alpha value is -2.29. The van der Waals surface area contributed by atoms with E-state index in [1.165, 1.54) is 5.56 Å². The molecule has 0 unspecified atom stereocenters. The fraction of sp³-hybridized carbons (Fsp3) is 0.278. The standard InChI is InChI=1S/C18H20N2O/c1-11-6-5-7-13(16(11)19)17-20-14-10-12(18(2,3)4)8-9-15(14)21-17/h5-10H,19H2,1-4H3. The van der Waals surface area contributed by atoms with E-state index in [-0.39, 0.29) is 5.41 Å². The van der Waals surface area contributed by atoms with Gasteiger partial charge in [0.05, 0.1) is 5.56 Å². The van der Waals surface area contributed by atoms with Crippen LogP contribution in [0.2, 0.25) is 0 Å². The summed E-state index contributed by atoms with van der Waals surface area (Å²) in [6.45, 7) is 8.55. The Morgan fingerprint density at radius 1 is 1.10 bits per heavy atom. The molecule has 1 heterocycles. The third-order valence-corrected chi connectivity index (χ3v) is 3.81. The summed E-state index contributed by atoms with van der Waals surface area (Å²) in [7, 11) is 0. The number of fused-ring (bicyclic) bond motifs is 1. The predicted molar refractivity (Wildman–Crippen MR) is 87.3 cm³/mol. The van der Waals surface area contributed by atoms with Gasteiger partial charge in [-0.3, -0.25) is 0 Å². The number of rotatable bonds is 1. The molecule has 0 radical (unpaired) electrons. The number of nitrogens with zero attached hydrogens (tertiary/aromatic N) is 1. The van der Waals surface area contributed by atoms with Crippen molar-refractivity contribution in [3.05, 3.63) is 47.5 Å². The Balaban J connectivity index is 2.15. The Bertz CT molecular complexity index is 810. The molecular formula is C18H20N2O. The SMILES string of the molecule is Cc1cccc(-c2nc3cc(C(C)(C)C)ccc3o2)c1N. The van der Waals surface area contributed by atoms with Crippen LogP contribution in [0, 0.1) is 6.92 Å². The second-order valence-electron chi connectivity index (χ2n) is 6.49. The van der Waals surface area contributed by atoms with Gasteiger partial charge in [-0.05, 0) is 41.7 Å². The maximum absolute atomic E-state index is 6.14. The molecule has 3 aromatic rings. The van der Waals surface area contributed by atoms with E-state index < -0.39 is 0 Å². The first kappa shape index (κ1) is 13.7. The minimum Gasteiger partial charge on any atom is -0.436 e. The van der Waals surface area contributed by atoms with Gasteiger partial charge in [0.25, 0.3) is 0 Å². The second kappa shape index (κ2) is 4.62. The normalized spacial score (nSPS) is 12.0. The molecule has 3 rings (SSSR count). The van der Waals surface area contributed by atoms with E-state index in [1.54, 1.807) is 0 Å². The minimum absolute atomic E-state index is 0.0929. The van der Waals surface area contributed by atoms with Crippen LogP contribution in [0.1, 0.15) is 31.9 Å². The summed E-state index contributed by atoms with van der Waals surface area (Å²) in [5.41, 5.74) is 11.7. The van der Waals surface area contributed by atoms with Crippen LogP contribution in [0.25, 0.3) is 22.6 Å². The van der Waals surface area contributed by atoms with Crippen LogP contribution < -0.4 is 5.73 Å². The molecule has 2 N–H and O–H groups in total. The summed E-state index contributed by atoms with van der Waals surface area (Å²) >= 11 is 0. The largest absolute Gasteiger partial charge is 0.436 e. The average molecular weight is 280 g/mol. The van der Waals surface area contributed by atoms with Gasteiger partial charge in [-0.25, -0.2) is 4.98 Å². The summed E-state index contributed by atoms with van der Waals surface area (Å²) in [6.07, 6.45) is 0. The Kier molecular flexibility index (Phi) is 3.01. The number of aromatic nitrogens is 1. The van der Waals surface area contributed by atoms with E-state index in [4.69, 9.17) is 10.2 Å². The van der Waals surface area contributed by atoms with Crippen molar-refractivity contribution in [2.24, 2.45) is 0 Å². The van der Waals surface area contributed by atoms with Crippen molar-refractivity contribution in [1.29, 1.82) is 0 Å². The van der Waals surface area contributed by atoms with Crippen LogP contribution in [-0.4, -0.2) is 4.98 Å². The van der Waals surface area contributed by atoms with Crippen LogP contribution in [0.5, 0.6) is 0 Å². The molecule has 0 spiro atoms. The lowest BCUT2D eigenvalue weighted by Crippen LogP contribution is -2.10. The summed E-state index contributed by atoms with van der Waals surface area (Å²) in [5, 5.41) is 0. The molecule has 0 bridgehead atoms. The maximum atomic E-state index is 6.14. The zero-order chi connectivity index (χ0) is 15.2. The first-order valence-corrected chi connectivity index (χ1v) is 7.13. The van der Waals surface area contributed by atoms with Crippen molar-refractivity contribution in [3.63, 3.8) is 0 Å². The lowest BCUT2D eigenvalue weighted by atomic mass is 9.87. The topological polar surface area (TPSA) is 52.0 Å². The number of hydrogen-bond donors (Lipinski definition) is 1. The van der Waals surface area contributed by atoms with E-state index in [0.29, 0.717) is 5.89 Å². The third kappa shape index (κ3) is 2.40. The molecule has 0 aliphatic heterocycles. The van der Waals surface area contributed by atoms with Crippen molar-refractivity contribution < 1.29 is 4.42 Å². The van der Waals surface area contributed by atoms with Crippen molar-refractivity contribution in [2.45, 2.75) is 33.1 Å². The third-order valence-electron chi connectivity index (χ3n) is 3.81. The minimum atomic E-state index is 0.0929. The van der Waals surface area contributed by atoms with E-state index >= 15 is 0 Å². The van der Waals surface area contributed by atoms with Crippen LogP contribution in [0.15, 0.2) is 40.8 Å². The first-order chi connectivity index (χ1) is 9.86. The van der Waals surface area contributed by atoms with Crippen molar-refractivity contribution >= 4 is 16.8 Å². The van der Waals surface area contributed by atoms with E-state index in [2.05, 4.69) is 37.9 Å². The van der Waals surface area contributed by atoms with Gasteiger partial charge < -0.3 is 10.2 Å². The van der Waals surface area contributed by atoms with Gasteiger partial charge in [0.2, 0.25) is 5.89 Å². The number of para-hydroxylation sites is 1. The highest BCUT2D eigenvalue weighted by molar-refractivity contribution is 5.81. The zero-order valence-corrected chi connectivity index (χ0v) is 12.9. The van der Waals surface area contributed by atoms with Crippen LogP contribution >= 0.6 is 0 Å². The molecule has 108 valence electrons. The maximum Gasteiger partial charge on any atom is 0.229 e. The van der Waals surface area contributed by atoms with Crippen molar-refractivity contribution in [1.82, 2.24) is 4.98 Å². The van der Waals surface area contributed by atoms with Crippen molar-refractivity contribution in [3.8, 4) is 11.5 Å². The number of hydrogen-bond acceptors (Lipinski definition) is 3. The number of oxazole rings is 1. The highest BCUT2D eigenvalue weighted by Gasteiger charge is 2.17. The van der Waals surface area contributed by atoms with Crippen LogP contribution in [-0.2, 0) is 5.41 Å². The molecule has 0 saturated carbocycles. The van der Waals surface area contributed by atoms with Gasteiger partial charge in [0.1, 0.15) is 5.52 Å². The molecule has 1 aromatic heterocycles. The molecule has 3 nitrogen and oxygen atoms in total. The Labute approximate surface area is 124 Å². The molecule has 21 heavy (non-hydrogen) atoms. The van der Waals surface area contributed by atoms with Gasteiger partial charge in [-0.1, -0.05) is 39.0 Å². The summed E-state index contributed by atoms with van der Waals surface area (Å²) in [4.78, 5) is 4.61. The van der Waals surface area contributed by atoms with Crippen molar-refractivity contribution in [2.75, 3.05) is 5.73 Å². The summed E-state index contributed by atoms with van der Waals surface area (Å²) in [5.74, 6) is 0.581. The monoisotopic (exact) mass is 280 g/mol. The lowest BCUT2D eigenvalue weighted by molar-refractivity contribution is 0.590. The molecule has 0 aliphatic carbocycles. The molecule has 0 amide bonds. The number of nitrogens with two attached hydrogens (primary N) is 1. The number of nitrogen functional groups attached to an aromatic ring is 1. The predicted octanol–water partition coefficient (Wildman–Crippen LogP) is 4.68. The molecule has 0 fully saturated rings. The fourth-order valence-corrected chi connectivity index (χ4v) is 2.38. The quantitative estimate of drug-likeness (QED) is 0.658. The first-order valence-electron chi connectivity index (χ1n) is 7.13. The molecule has 2 aromatic carbocycles. The van der Waals surface area contributed by atoms with Crippen LogP contribution in [0.4, 0.5) is 5.69 Å². The van der Waals surface area contributed by atoms with Gasteiger partial charge in [0.15, 0.2) is 5.58 Å². The molecule has 0 saturated heterocycles. The average Bonchev–Trinajstić information content (AvgIpc) is 2.83. The fourth-order valence-electron chi connectivity index (χ4n) is 2.38. The van der Waals surface area contributed by atoms with Gasteiger partial charge in [0, 0.05) is 5.69 Å². The number of aryl methyl sites for hydroxylation is 1. The van der Waals surface area contributed by atoms with Gasteiger partial charge >= 0.3 is 0 Å². The lowest BCUT2D eigenvalue weighted by Gasteiger charge is -2.18. The summed E-state index contributed by atoms with van der Waals surface area (Å²) < 4.78 is 5.87. The van der Waals surface area contributed by atoms with Crippen LogP contribution in [0.3, 0.4) is 0 Å². The number of anilines is 1. The molecule has 0 aliphatic rings.